The summed E-state index contributed by atoms with van der Waals surface area (Å²) in [5.41, 5.74) is 1.02. The number of rotatable bonds is 8. The lowest BCUT2D eigenvalue weighted by Crippen LogP contribution is -2.55. The molecule has 1 saturated carbocycles. The molecule has 0 heterocycles. The van der Waals surface area contributed by atoms with Crippen LogP contribution >= 0.6 is 0 Å². The van der Waals surface area contributed by atoms with Crippen LogP contribution in [0.4, 0.5) is 0 Å². The standard InChI is InChI=1S/C29H28O12/c1-39-28(37)21(10-13-3-6-17(30)19(32)9-13)41-22(34)8-5-14-11-16-23(15-4-7-18(31)20(33)12-15)25(29(38)40-2)24(14)27(36)26(16)35/h3-9,11-12,16,21,23-25,27,30-33,36H,10H2,1-2H3/b8-5+/t16-,21-,23-,24+,25+,27-/m0/s1. The van der Waals surface area contributed by atoms with Gasteiger partial charge in [0.2, 0.25) is 6.10 Å². The molecule has 0 aromatic heterocycles. The summed E-state index contributed by atoms with van der Waals surface area (Å²) in [6, 6.07) is 7.75. The molecule has 0 spiro atoms. The number of carbonyl (C=O) groups excluding carboxylic acids is 4. The number of benzene rings is 2. The molecule has 5 N–H and O–H groups in total. The normalized spacial score (nSPS) is 24.0. The number of ether oxygens (including phenoxy) is 3. The number of hydrogen-bond acceptors (Lipinski definition) is 12. The second-order valence-electron chi connectivity index (χ2n) is 9.70. The number of fused-ring (bicyclic) bond motifs is 2. The maximum atomic E-state index is 13.0. The summed E-state index contributed by atoms with van der Waals surface area (Å²) >= 11 is 0. The first kappa shape index (κ1) is 29.2. The van der Waals surface area contributed by atoms with Crippen molar-refractivity contribution in [2.24, 2.45) is 17.8 Å². The maximum absolute atomic E-state index is 13.0. The molecule has 6 atom stereocenters. The molecular formula is C29H28O12. The summed E-state index contributed by atoms with van der Waals surface area (Å²) in [4.78, 5) is 50.8. The Kier molecular flexibility index (Phi) is 8.33. The first-order valence-corrected chi connectivity index (χ1v) is 12.5. The fraction of sp³-hybridized carbons (Fsp3) is 0.310. The van der Waals surface area contributed by atoms with E-state index in [-0.39, 0.29) is 23.5 Å². The van der Waals surface area contributed by atoms with Crippen LogP contribution in [0.25, 0.3) is 0 Å². The van der Waals surface area contributed by atoms with E-state index in [9.17, 15) is 44.7 Å². The number of ketones is 1. The van der Waals surface area contributed by atoms with Crippen LogP contribution in [-0.4, -0.2) is 75.7 Å². The van der Waals surface area contributed by atoms with Crippen LogP contribution in [0, 0.1) is 17.8 Å². The van der Waals surface area contributed by atoms with Gasteiger partial charge in [-0.2, -0.15) is 0 Å². The molecule has 216 valence electrons. The summed E-state index contributed by atoms with van der Waals surface area (Å²) in [5, 5.41) is 49.7. The topological polar surface area (TPSA) is 197 Å². The molecule has 2 aromatic rings. The molecule has 0 saturated heterocycles. The van der Waals surface area contributed by atoms with E-state index in [0.717, 1.165) is 20.3 Å². The molecule has 0 aliphatic heterocycles. The van der Waals surface area contributed by atoms with Crippen LogP contribution in [0.5, 0.6) is 23.0 Å². The van der Waals surface area contributed by atoms with E-state index >= 15 is 0 Å². The van der Waals surface area contributed by atoms with Crippen molar-refractivity contribution in [2.75, 3.05) is 14.2 Å². The largest absolute Gasteiger partial charge is 0.504 e. The third-order valence-corrected chi connectivity index (χ3v) is 7.33. The van der Waals surface area contributed by atoms with Crippen LogP contribution in [0.2, 0.25) is 0 Å². The average molecular weight is 569 g/mol. The number of phenolic OH excluding ortho intramolecular Hbond substituents is 4. The van der Waals surface area contributed by atoms with Gasteiger partial charge in [-0.15, -0.1) is 0 Å². The van der Waals surface area contributed by atoms with Crippen LogP contribution in [0.3, 0.4) is 0 Å². The Hall–Kier alpha value is -4.84. The lowest BCUT2D eigenvalue weighted by molar-refractivity contribution is -0.162. The van der Waals surface area contributed by atoms with Crippen molar-refractivity contribution in [2.45, 2.75) is 24.5 Å². The second kappa shape index (κ2) is 11.7. The van der Waals surface area contributed by atoms with Gasteiger partial charge in [0.05, 0.1) is 20.1 Å². The number of aromatic hydroxyl groups is 4. The first-order valence-electron chi connectivity index (χ1n) is 12.5. The van der Waals surface area contributed by atoms with Crippen molar-refractivity contribution in [1.82, 2.24) is 0 Å². The fourth-order valence-corrected chi connectivity index (χ4v) is 5.40. The van der Waals surface area contributed by atoms with Gasteiger partial charge < -0.3 is 39.7 Å². The molecule has 2 aromatic carbocycles. The van der Waals surface area contributed by atoms with Crippen LogP contribution in [0.15, 0.2) is 60.2 Å². The Morgan fingerprint density at radius 2 is 1.56 bits per heavy atom. The van der Waals surface area contributed by atoms with E-state index in [1.807, 2.05) is 0 Å². The Morgan fingerprint density at radius 1 is 0.902 bits per heavy atom. The van der Waals surface area contributed by atoms with Crippen molar-refractivity contribution < 1.29 is 58.9 Å². The van der Waals surface area contributed by atoms with Gasteiger partial charge in [0.15, 0.2) is 28.8 Å². The van der Waals surface area contributed by atoms with E-state index in [2.05, 4.69) is 0 Å². The van der Waals surface area contributed by atoms with Gasteiger partial charge in [0.25, 0.3) is 0 Å². The Labute approximate surface area is 233 Å². The van der Waals surface area contributed by atoms with E-state index in [1.54, 1.807) is 0 Å². The SMILES string of the molecule is COC(=O)[C@H]1[C@H]2C(/C=C/C(=O)O[C@@H](Cc3ccc(O)c(O)c3)C(=O)OC)=C[C@H](C(=O)[C@H]2O)[C@@H]1c1ccc(O)c(O)c1. The number of aliphatic hydroxyl groups is 1. The zero-order chi connectivity index (χ0) is 30.0. The molecule has 12 nitrogen and oxygen atoms in total. The third kappa shape index (κ3) is 5.73. The highest BCUT2D eigenvalue weighted by molar-refractivity contribution is 5.95. The predicted molar refractivity (Wildman–Crippen MR) is 139 cm³/mol. The van der Waals surface area contributed by atoms with Crippen molar-refractivity contribution in [1.29, 1.82) is 0 Å². The van der Waals surface area contributed by atoms with Gasteiger partial charge in [-0.05, 0) is 41.0 Å². The molecule has 3 aliphatic carbocycles. The second-order valence-corrected chi connectivity index (χ2v) is 9.70. The summed E-state index contributed by atoms with van der Waals surface area (Å²) in [7, 11) is 2.26. The Morgan fingerprint density at radius 3 is 2.17 bits per heavy atom. The monoisotopic (exact) mass is 568 g/mol. The lowest BCUT2D eigenvalue weighted by Gasteiger charge is -2.47. The smallest absolute Gasteiger partial charge is 0.347 e. The zero-order valence-corrected chi connectivity index (χ0v) is 22.0. The van der Waals surface area contributed by atoms with Crippen LogP contribution < -0.4 is 0 Å². The Bertz CT molecular complexity index is 1440. The van der Waals surface area contributed by atoms with E-state index < -0.39 is 71.1 Å². The Balaban J connectivity index is 1.61. The summed E-state index contributed by atoms with van der Waals surface area (Å²) in [5.74, 6) is -8.80. The number of aliphatic hydroxyl groups excluding tert-OH is 1. The highest BCUT2D eigenvalue weighted by atomic mass is 16.6. The highest BCUT2D eigenvalue weighted by Gasteiger charge is 2.56. The summed E-state index contributed by atoms with van der Waals surface area (Å²) < 4.78 is 14.9. The van der Waals surface area contributed by atoms with Crippen molar-refractivity contribution >= 4 is 23.7 Å². The quantitative estimate of drug-likeness (QED) is 0.133. The minimum atomic E-state index is -1.59. The van der Waals surface area contributed by atoms with Gasteiger partial charge in [-0.3, -0.25) is 9.59 Å². The molecule has 2 bridgehead atoms. The van der Waals surface area contributed by atoms with E-state index in [4.69, 9.17) is 14.2 Å². The third-order valence-electron chi connectivity index (χ3n) is 7.33. The minimum Gasteiger partial charge on any atom is -0.504 e. The van der Waals surface area contributed by atoms with E-state index in [1.165, 1.54) is 48.6 Å². The van der Waals surface area contributed by atoms with E-state index in [0.29, 0.717) is 11.1 Å². The van der Waals surface area contributed by atoms with Crippen molar-refractivity contribution in [3.63, 3.8) is 0 Å². The fourth-order valence-electron chi connectivity index (χ4n) is 5.40. The molecule has 5 rings (SSSR count). The number of carbonyl (C=O) groups is 4. The van der Waals surface area contributed by atoms with Crippen molar-refractivity contribution in [3.05, 3.63) is 71.3 Å². The zero-order valence-electron chi connectivity index (χ0n) is 22.0. The molecular weight excluding hydrogens is 540 g/mol. The number of hydrogen-bond donors (Lipinski definition) is 5. The predicted octanol–water partition coefficient (Wildman–Crippen LogP) is 1.38. The van der Waals surface area contributed by atoms with Gasteiger partial charge in [-0.25, -0.2) is 9.59 Å². The molecule has 12 heteroatoms. The number of Topliss-reactive ketones (excluding diaryl/α,β-unsaturated/α-hetero) is 1. The van der Waals surface area contributed by atoms with Crippen LogP contribution in [0.1, 0.15) is 17.0 Å². The van der Waals surface area contributed by atoms with Gasteiger partial charge in [0, 0.05) is 30.3 Å². The number of phenols is 4. The number of esters is 3. The molecule has 1 fully saturated rings. The first-order chi connectivity index (χ1) is 19.5. The van der Waals surface area contributed by atoms with Gasteiger partial charge in [-0.1, -0.05) is 24.3 Å². The summed E-state index contributed by atoms with van der Waals surface area (Å²) in [6.45, 7) is 0. The minimum absolute atomic E-state index is 0.174. The number of methoxy groups -OCH3 is 2. The summed E-state index contributed by atoms with van der Waals surface area (Å²) in [6.07, 6.45) is 0.595. The maximum Gasteiger partial charge on any atom is 0.347 e. The molecule has 0 unspecified atom stereocenters. The highest BCUT2D eigenvalue weighted by Crippen LogP contribution is 2.52. The van der Waals surface area contributed by atoms with Crippen molar-refractivity contribution in [3.8, 4) is 23.0 Å². The van der Waals surface area contributed by atoms with Crippen LogP contribution in [-0.2, 0) is 39.8 Å². The molecule has 3 aliphatic rings. The lowest BCUT2D eigenvalue weighted by atomic mass is 9.56. The average Bonchev–Trinajstić information content (AvgIpc) is 2.95. The molecule has 41 heavy (non-hydrogen) atoms. The molecule has 0 amide bonds. The van der Waals surface area contributed by atoms with Gasteiger partial charge >= 0.3 is 17.9 Å². The number of allylic oxidation sites excluding steroid dienone is 2. The van der Waals surface area contributed by atoms with Gasteiger partial charge in [0.1, 0.15) is 6.10 Å². The molecule has 0 radical (unpaired) electrons.